The lowest BCUT2D eigenvalue weighted by molar-refractivity contribution is 0.0391. The summed E-state index contributed by atoms with van der Waals surface area (Å²) in [6.45, 7) is 8.64. The molecule has 1 aromatic heterocycles. The lowest BCUT2D eigenvalue weighted by atomic mass is 10.1. The van der Waals surface area contributed by atoms with E-state index in [1.165, 1.54) is 5.56 Å². The first kappa shape index (κ1) is 20.5. The molecule has 2 aromatic carbocycles. The second-order valence-electron chi connectivity index (χ2n) is 7.52. The number of hydrogen-bond donors (Lipinski definition) is 0. The van der Waals surface area contributed by atoms with Crippen molar-refractivity contribution in [2.75, 3.05) is 44.3 Å². The number of benzene rings is 2. The first-order valence-electron chi connectivity index (χ1n) is 10.0. The van der Waals surface area contributed by atoms with Crippen LogP contribution in [-0.2, 0) is 4.74 Å². The van der Waals surface area contributed by atoms with Crippen molar-refractivity contribution in [2.45, 2.75) is 13.8 Å². The molecule has 6 nitrogen and oxygen atoms in total. The van der Waals surface area contributed by atoms with Crippen molar-refractivity contribution in [3.8, 4) is 6.07 Å². The van der Waals surface area contributed by atoms with Crippen LogP contribution in [0.5, 0.6) is 0 Å². The molecule has 1 saturated heterocycles. The van der Waals surface area contributed by atoms with Gasteiger partial charge >= 0.3 is 0 Å². The van der Waals surface area contributed by atoms with Crippen LogP contribution in [-0.4, -0.2) is 55.2 Å². The zero-order chi connectivity index (χ0) is 21.1. The van der Waals surface area contributed by atoms with Crippen LogP contribution in [0.4, 0.5) is 5.13 Å². The highest BCUT2D eigenvalue weighted by atomic mass is 32.1. The maximum absolute atomic E-state index is 13.4. The van der Waals surface area contributed by atoms with E-state index in [0.717, 1.165) is 48.6 Å². The summed E-state index contributed by atoms with van der Waals surface area (Å²) in [7, 11) is 0. The van der Waals surface area contributed by atoms with Gasteiger partial charge in [-0.1, -0.05) is 17.4 Å². The third-order valence-corrected chi connectivity index (χ3v) is 6.32. The lowest BCUT2D eigenvalue weighted by Gasteiger charge is -2.29. The molecule has 30 heavy (non-hydrogen) atoms. The van der Waals surface area contributed by atoms with E-state index >= 15 is 0 Å². The van der Waals surface area contributed by atoms with E-state index in [2.05, 4.69) is 36.9 Å². The van der Waals surface area contributed by atoms with E-state index in [-0.39, 0.29) is 5.91 Å². The number of aryl methyl sites for hydroxylation is 2. The van der Waals surface area contributed by atoms with Gasteiger partial charge in [0, 0.05) is 31.7 Å². The number of amides is 1. The normalized spacial score (nSPS) is 14.6. The van der Waals surface area contributed by atoms with Gasteiger partial charge in [0.1, 0.15) is 0 Å². The van der Waals surface area contributed by atoms with Crippen LogP contribution in [0.3, 0.4) is 0 Å². The lowest BCUT2D eigenvalue weighted by Crippen LogP contribution is -2.43. The molecule has 0 bridgehead atoms. The van der Waals surface area contributed by atoms with Crippen molar-refractivity contribution in [2.24, 2.45) is 0 Å². The summed E-state index contributed by atoms with van der Waals surface area (Å²) in [5, 5.41) is 9.75. The Balaban J connectivity index is 1.66. The maximum atomic E-state index is 13.4. The van der Waals surface area contributed by atoms with Gasteiger partial charge in [0.2, 0.25) is 0 Å². The number of rotatable bonds is 5. The number of carbonyl (C=O) groups excluding carboxylic acids is 1. The smallest absolute Gasteiger partial charge is 0.260 e. The predicted molar refractivity (Wildman–Crippen MR) is 119 cm³/mol. The minimum Gasteiger partial charge on any atom is -0.379 e. The number of hydrogen-bond acceptors (Lipinski definition) is 6. The Kier molecular flexibility index (Phi) is 6.09. The fraction of sp³-hybridized carbons (Fsp3) is 0.348. The number of morpholine rings is 1. The molecular weight excluding hydrogens is 396 g/mol. The molecule has 154 valence electrons. The van der Waals surface area contributed by atoms with E-state index in [0.29, 0.717) is 22.8 Å². The molecule has 0 radical (unpaired) electrons. The van der Waals surface area contributed by atoms with E-state index in [1.807, 2.05) is 0 Å². The number of nitrogens with zero attached hydrogens (tertiary/aromatic N) is 4. The number of carbonyl (C=O) groups is 1. The van der Waals surface area contributed by atoms with Crippen molar-refractivity contribution >= 4 is 32.6 Å². The minimum absolute atomic E-state index is 0.0961. The number of ether oxygens (including phenoxy) is 1. The molecule has 1 aliphatic heterocycles. The maximum Gasteiger partial charge on any atom is 0.260 e. The summed E-state index contributed by atoms with van der Waals surface area (Å²) < 4.78 is 6.52. The number of thiazole rings is 1. The van der Waals surface area contributed by atoms with Gasteiger partial charge in [-0.2, -0.15) is 5.26 Å². The summed E-state index contributed by atoms with van der Waals surface area (Å²) in [6.07, 6.45) is 0. The Labute approximate surface area is 180 Å². The molecule has 1 amide bonds. The molecule has 1 fully saturated rings. The van der Waals surface area contributed by atoms with E-state index in [4.69, 9.17) is 15.0 Å². The highest BCUT2D eigenvalue weighted by molar-refractivity contribution is 7.22. The van der Waals surface area contributed by atoms with Gasteiger partial charge in [-0.3, -0.25) is 14.6 Å². The van der Waals surface area contributed by atoms with E-state index < -0.39 is 0 Å². The van der Waals surface area contributed by atoms with Crippen LogP contribution in [0.1, 0.15) is 27.0 Å². The van der Waals surface area contributed by atoms with Crippen LogP contribution in [0.15, 0.2) is 36.4 Å². The first-order valence-corrected chi connectivity index (χ1v) is 10.9. The Morgan fingerprint density at radius 3 is 2.67 bits per heavy atom. The summed E-state index contributed by atoms with van der Waals surface area (Å²) in [6, 6.07) is 13.1. The van der Waals surface area contributed by atoms with E-state index in [1.54, 1.807) is 40.5 Å². The molecule has 2 heterocycles. The summed E-state index contributed by atoms with van der Waals surface area (Å²) >= 11 is 1.55. The van der Waals surface area contributed by atoms with Crippen LogP contribution >= 0.6 is 11.3 Å². The molecule has 7 heteroatoms. The van der Waals surface area contributed by atoms with Gasteiger partial charge in [-0.25, -0.2) is 4.98 Å². The first-order chi connectivity index (χ1) is 14.5. The zero-order valence-electron chi connectivity index (χ0n) is 17.2. The van der Waals surface area contributed by atoms with Crippen molar-refractivity contribution in [3.63, 3.8) is 0 Å². The number of fused-ring (bicyclic) bond motifs is 1. The van der Waals surface area contributed by atoms with Crippen LogP contribution in [0.25, 0.3) is 10.2 Å². The molecule has 0 spiro atoms. The number of nitriles is 1. The standard InChI is InChI=1S/C23H24N4O2S/c1-16-13-17(2)21-20(14-16)30-23(25-21)27(8-7-26-9-11-29-12-10-26)22(28)19-5-3-18(15-24)4-6-19/h3-6,13-14H,7-12H2,1-2H3. The van der Waals surface area contributed by atoms with Crippen molar-refractivity contribution in [3.05, 3.63) is 58.7 Å². The fourth-order valence-corrected chi connectivity index (χ4v) is 4.83. The highest BCUT2D eigenvalue weighted by Gasteiger charge is 2.23. The van der Waals surface area contributed by atoms with Gasteiger partial charge in [0.15, 0.2) is 5.13 Å². The van der Waals surface area contributed by atoms with Crippen molar-refractivity contribution in [1.29, 1.82) is 5.26 Å². The number of anilines is 1. The van der Waals surface area contributed by atoms with Gasteiger partial charge < -0.3 is 4.74 Å². The molecule has 0 unspecified atom stereocenters. The molecule has 0 aliphatic carbocycles. The third kappa shape index (κ3) is 4.36. The molecule has 0 atom stereocenters. The molecule has 0 N–H and O–H groups in total. The van der Waals surface area contributed by atoms with Gasteiger partial charge in [0.25, 0.3) is 5.91 Å². The Morgan fingerprint density at radius 1 is 1.23 bits per heavy atom. The van der Waals surface area contributed by atoms with Crippen molar-refractivity contribution < 1.29 is 9.53 Å². The fourth-order valence-electron chi connectivity index (χ4n) is 3.67. The van der Waals surface area contributed by atoms with Gasteiger partial charge in [0.05, 0.1) is 35.1 Å². The topological polar surface area (TPSA) is 69.5 Å². The van der Waals surface area contributed by atoms with E-state index in [9.17, 15) is 4.79 Å². The molecule has 0 saturated carbocycles. The summed E-state index contributed by atoms with van der Waals surface area (Å²) in [4.78, 5) is 22.3. The van der Waals surface area contributed by atoms with Gasteiger partial charge in [-0.05, 0) is 55.3 Å². The average Bonchev–Trinajstić information content (AvgIpc) is 3.18. The second kappa shape index (κ2) is 8.92. The Bertz CT molecular complexity index is 1090. The van der Waals surface area contributed by atoms with Crippen LogP contribution < -0.4 is 4.90 Å². The molecular formula is C23H24N4O2S. The molecule has 1 aliphatic rings. The number of aromatic nitrogens is 1. The summed E-state index contributed by atoms with van der Waals surface area (Å²) in [5.74, 6) is -0.0961. The monoisotopic (exact) mass is 420 g/mol. The Morgan fingerprint density at radius 2 is 1.97 bits per heavy atom. The summed E-state index contributed by atoms with van der Waals surface area (Å²) in [5.41, 5.74) is 4.35. The minimum atomic E-state index is -0.0961. The zero-order valence-corrected chi connectivity index (χ0v) is 18.0. The highest BCUT2D eigenvalue weighted by Crippen LogP contribution is 2.32. The third-order valence-electron chi connectivity index (χ3n) is 5.30. The average molecular weight is 421 g/mol. The molecule has 4 rings (SSSR count). The van der Waals surface area contributed by atoms with Crippen LogP contribution in [0.2, 0.25) is 0 Å². The van der Waals surface area contributed by atoms with Crippen molar-refractivity contribution in [1.82, 2.24) is 9.88 Å². The molecule has 3 aromatic rings. The quantitative estimate of drug-likeness (QED) is 0.629. The predicted octanol–water partition coefficient (Wildman–Crippen LogP) is 3.76. The van der Waals surface area contributed by atoms with Crippen LogP contribution in [0, 0.1) is 25.2 Å². The van der Waals surface area contributed by atoms with Gasteiger partial charge in [-0.15, -0.1) is 0 Å². The SMILES string of the molecule is Cc1cc(C)c2nc(N(CCN3CCOCC3)C(=O)c3ccc(C#N)cc3)sc2c1. The largest absolute Gasteiger partial charge is 0.379 e. The Hall–Kier alpha value is -2.79. The second-order valence-corrected chi connectivity index (χ2v) is 8.53.